The summed E-state index contributed by atoms with van der Waals surface area (Å²) in [6, 6.07) is 14.8. The zero-order chi connectivity index (χ0) is 22.9. The highest BCUT2D eigenvalue weighted by Gasteiger charge is 2.29. The van der Waals surface area contributed by atoms with Gasteiger partial charge in [-0.1, -0.05) is 54.2 Å². The summed E-state index contributed by atoms with van der Waals surface area (Å²) in [5, 5.41) is 5.59. The van der Waals surface area contributed by atoms with E-state index in [1.165, 1.54) is 22.3 Å². The molecule has 7 heteroatoms. The summed E-state index contributed by atoms with van der Waals surface area (Å²) in [7, 11) is 0. The van der Waals surface area contributed by atoms with Crippen LogP contribution in [0.15, 0.2) is 48.7 Å². The molecule has 3 heterocycles. The Balaban J connectivity index is 1.23. The maximum Gasteiger partial charge on any atom is 0.279 e. The molecule has 33 heavy (non-hydrogen) atoms. The Morgan fingerprint density at radius 3 is 2.61 bits per heavy atom. The van der Waals surface area contributed by atoms with Crippen molar-refractivity contribution in [2.75, 3.05) is 12.3 Å². The smallest absolute Gasteiger partial charge is 0.279 e. The fourth-order valence-corrected chi connectivity index (χ4v) is 5.25. The van der Waals surface area contributed by atoms with Gasteiger partial charge in [0.2, 0.25) is 5.91 Å². The zero-order valence-electron chi connectivity index (χ0n) is 18.9. The molecular formula is C26H28N4O2S. The normalized spacial score (nSPS) is 19.8. The van der Waals surface area contributed by atoms with E-state index in [1.807, 2.05) is 0 Å². The molecule has 2 atom stereocenters. The minimum Gasteiger partial charge on any atom is -0.354 e. The van der Waals surface area contributed by atoms with Gasteiger partial charge < -0.3 is 15.2 Å². The maximum absolute atomic E-state index is 12.3. The highest BCUT2D eigenvalue weighted by molar-refractivity contribution is 8.14. The SMILES string of the molecule is Cc1ccc(-c2ccc(-c3cn4c(n3)CCC(CNC(=O)C3CSC(=O)N3)C4)cc2)cc1C. The Morgan fingerprint density at radius 2 is 1.88 bits per heavy atom. The first-order valence-corrected chi connectivity index (χ1v) is 12.4. The number of nitrogens with zero attached hydrogens (tertiary/aromatic N) is 2. The fourth-order valence-electron chi connectivity index (χ4n) is 4.47. The van der Waals surface area contributed by atoms with E-state index in [4.69, 9.17) is 4.98 Å². The number of amides is 2. The molecular weight excluding hydrogens is 432 g/mol. The molecule has 1 aromatic heterocycles. The van der Waals surface area contributed by atoms with Gasteiger partial charge in [0, 0.05) is 37.0 Å². The van der Waals surface area contributed by atoms with Crippen LogP contribution in [0.1, 0.15) is 23.4 Å². The van der Waals surface area contributed by atoms with Crippen LogP contribution in [0.3, 0.4) is 0 Å². The van der Waals surface area contributed by atoms with Crippen LogP contribution < -0.4 is 10.6 Å². The molecule has 2 amide bonds. The maximum atomic E-state index is 12.3. The number of fused-ring (bicyclic) bond motifs is 1. The lowest BCUT2D eigenvalue weighted by atomic mass is 9.99. The van der Waals surface area contributed by atoms with Crippen molar-refractivity contribution in [3.63, 3.8) is 0 Å². The molecule has 170 valence electrons. The molecule has 2 unspecified atom stereocenters. The number of thioether (sulfide) groups is 1. The summed E-state index contributed by atoms with van der Waals surface area (Å²) in [6.45, 7) is 5.74. The van der Waals surface area contributed by atoms with Crippen LogP contribution in [0, 0.1) is 19.8 Å². The lowest BCUT2D eigenvalue weighted by Crippen LogP contribution is -2.45. The van der Waals surface area contributed by atoms with Crippen molar-refractivity contribution < 1.29 is 9.59 Å². The largest absolute Gasteiger partial charge is 0.354 e. The number of rotatable bonds is 5. The average molecular weight is 461 g/mol. The van der Waals surface area contributed by atoms with Gasteiger partial charge in [-0.3, -0.25) is 9.59 Å². The molecule has 0 saturated carbocycles. The van der Waals surface area contributed by atoms with Crippen molar-refractivity contribution >= 4 is 22.9 Å². The summed E-state index contributed by atoms with van der Waals surface area (Å²) in [6.07, 6.45) is 4.02. The quantitative estimate of drug-likeness (QED) is 0.594. The van der Waals surface area contributed by atoms with Gasteiger partial charge in [-0.2, -0.15) is 0 Å². The second kappa shape index (κ2) is 9.06. The Labute approximate surface area is 198 Å². The third-order valence-corrected chi connectivity index (χ3v) is 7.55. The number of aromatic nitrogens is 2. The molecule has 2 N–H and O–H groups in total. The lowest BCUT2D eigenvalue weighted by molar-refractivity contribution is -0.122. The molecule has 1 fully saturated rings. The zero-order valence-corrected chi connectivity index (χ0v) is 19.7. The summed E-state index contributed by atoms with van der Waals surface area (Å²) in [4.78, 5) is 28.4. The molecule has 2 aliphatic heterocycles. The highest BCUT2D eigenvalue weighted by Crippen LogP contribution is 2.28. The Hall–Kier alpha value is -3.06. The molecule has 2 aromatic carbocycles. The fraction of sp³-hybridized carbons (Fsp3) is 0.346. The van der Waals surface area contributed by atoms with E-state index < -0.39 is 6.04 Å². The van der Waals surface area contributed by atoms with Crippen LogP contribution in [0.2, 0.25) is 0 Å². The van der Waals surface area contributed by atoms with Gasteiger partial charge in [0.25, 0.3) is 5.24 Å². The standard InChI is InChI=1S/C26H28N4O2S/c1-16-3-5-21(11-17(16)2)19-6-8-20(9-7-19)22-14-30-13-18(4-10-24(30)28-22)12-27-25(31)23-15-33-26(32)29-23/h3,5-9,11,14,18,23H,4,10,12-13,15H2,1-2H3,(H,27,31)(H,29,32). The summed E-state index contributed by atoms with van der Waals surface area (Å²) < 4.78 is 2.22. The first-order chi connectivity index (χ1) is 16.0. The van der Waals surface area contributed by atoms with Crippen molar-refractivity contribution in [2.45, 2.75) is 39.3 Å². The van der Waals surface area contributed by atoms with Crippen molar-refractivity contribution in [1.82, 2.24) is 20.2 Å². The first-order valence-electron chi connectivity index (χ1n) is 11.4. The molecule has 0 bridgehead atoms. The van der Waals surface area contributed by atoms with Crippen LogP contribution in [-0.4, -0.2) is 39.0 Å². The number of hydrogen-bond donors (Lipinski definition) is 2. The number of benzene rings is 2. The Morgan fingerprint density at radius 1 is 1.12 bits per heavy atom. The van der Waals surface area contributed by atoms with Crippen molar-refractivity contribution in [3.8, 4) is 22.4 Å². The molecule has 5 rings (SSSR count). The number of carbonyl (C=O) groups is 2. The van der Waals surface area contributed by atoms with Gasteiger partial charge >= 0.3 is 0 Å². The predicted octanol–water partition coefficient (Wildman–Crippen LogP) is 4.34. The Kier molecular flexibility index (Phi) is 5.98. The minimum atomic E-state index is -0.409. The third kappa shape index (κ3) is 4.69. The highest BCUT2D eigenvalue weighted by atomic mass is 32.2. The van der Waals surface area contributed by atoms with Gasteiger partial charge in [-0.25, -0.2) is 4.98 Å². The number of carbonyl (C=O) groups excluding carboxylic acids is 2. The van der Waals surface area contributed by atoms with Gasteiger partial charge in [-0.15, -0.1) is 0 Å². The van der Waals surface area contributed by atoms with E-state index in [0.717, 1.165) is 48.2 Å². The van der Waals surface area contributed by atoms with Crippen LogP contribution >= 0.6 is 11.8 Å². The van der Waals surface area contributed by atoms with E-state index in [0.29, 0.717) is 18.2 Å². The number of aryl methyl sites for hydroxylation is 3. The number of nitrogens with one attached hydrogen (secondary N) is 2. The summed E-state index contributed by atoms with van der Waals surface area (Å²) >= 11 is 1.16. The summed E-state index contributed by atoms with van der Waals surface area (Å²) in [5.41, 5.74) is 7.15. The molecule has 3 aromatic rings. The second-order valence-corrected chi connectivity index (χ2v) is 10.0. The predicted molar refractivity (Wildman–Crippen MR) is 132 cm³/mol. The van der Waals surface area contributed by atoms with Crippen LogP contribution in [0.25, 0.3) is 22.4 Å². The molecule has 0 aliphatic carbocycles. The van der Waals surface area contributed by atoms with E-state index in [-0.39, 0.29) is 11.1 Å². The molecule has 6 nitrogen and oxygen atoms in total. The first kappa shape index (κ1) is 21.8. The van der Waals surface area contributed by atoms with Crippen LogP contribution in [-0.2, 0) is 17.8 Å². The van der Waals surface area contributed by atoms with Gasteiger partial charge in [0.05, 0.1) is 5.69 Å². The van der Waals surface area contributed by atoms with Crippen molar-refractivity contribution in [3.05, 3.63) is 65.6 Å². The van der Waals surface area contributed by atoms with E-state index >= 15 is 0 Å². The molecule has 0 spiro atoms. The number of hydrogen-bond acceptors (Lipinski definition) is 4. The van der Waals surface area contributed by atoms with E-state index in [1.54, 1.807) is 0 Å². The summed E-state index contributed by atoms with van der Waals surface area (Å²) in [5.74, 6) is 1.88. The average Bonchev–Trinajstić information content (AvgIpc) is 3.45. The van der Waals surface area contributed by atoms with Gasteiger partial charge in [0.15, 0.2) is 0 Å². The third-order valence-electron chi connectivity index (χ3n) is 6.67. The van der Waals surface area contributed by atoms with Crippen molar-refractivity contribution in [1.29, 1.82) is 0 Å². The lowest BCUT2D eigenvalue weighted by Gasteiger charge is -2.24. The topological polar surface area (TPSA) is 76.0 Å². The van der Waals surface area contributed by atoms with Gasteiger partial charge in [0.1, 0.15) is 11.9 Å². The molecule has 0 radical (unpaired) electrons. The molecule has 1 saturated heterocycles. The van der Waals surface area contributed by atoms with E-state index in [2.05, 4.69) is 77.7 Å². The Bertz CT molecular complexity index is 1200. The minimum absolute atomic E-state index is 0.0886. The van der Waals surface area contributed by atoms with Crippen LogP contribution in [0.4, 0.5) is 4.79 Å². The van der Waals surface area contributed by atoms with Crippen LogP contribution in [0.5, 0.6) is 0 Å². The van der Waals surface area contributed by atoms with Crippen molar-refractivity contribution in [2.24, 2.45) is 5.92 Å². The van der Waals surface area contributed by atoms with E-state index in [9.17, 15) is 9.59 Å². The van der Waals surface area contributed by atoms with Gasteiger partial charge in [-0.05, 0) is 48.4 Å². The molecule has 2 aliphatic rings. The second-order valence-electron chi connectivity index (χ2n) is 9.02. The number of imidazole rings is 1. The monoisotopic (exact) mass is 460 g/mol.